The molecule has 0 bridgehead atoms. The van der Waals surface area contributed by atoms with Crippen molar-refractivity contribution in [3.63, 3.8) is 0 Å². The van der Waals surface area contributed by atoms with Crippen LogP contribution in [0.4, 0.5) is 0 Å². The van der Waals surface area contributed by atoms with Crippen molar-refractivity contribution in [1.82, 2.24) is 15.3 Å². The van der Waals surface area contributed by atoms with Crippen LogP contribution in [-0.2, 0) is 4.79 Å². The van der Waals surface area contributed by atoms with Gasteiger partial charge in [-0.15, -0.1) is 12.4 Å². The Balaban J connectivity index is 0.00000400. The quantitative estimate of drug-likeness (QED) is 0.563. The lowest BCUT2D eigenvalue weighted by Crippen LogP contribution is -2.41. The monoisotopic (exact) mass is 332 g/mol. The lowest BCUT2D eigenvalue weighted by atomic mass is 10.1. The number of hydrogen-bond donors (Lipinski definition) is 2. The van der Waals surface area contributed by atoms with E-state index >= 15 is 0 Å². The van der Waals surface area contributed by atoms with Gasteiger partial charge in [0.1, 0.15) is 0 Å². The number of nitrogens with two attached hydrogens (primary N) is 1. The zero-order valence-corrected chi connectivity index (χ0v) is 14.5. The molecule has 0 saturated heterocycles. The van der Waals surface area contributed by atoms with E-state index in [-0.39, 0.29) is 24.4 Å². The number of halogens is 1. The molecule has 1 heterocycles. The van der Waals surface area contributed by atoms with E-state index in [1.807, 2.05) is 19.9 Å². The maximum absolute atomic E-state index is 11.9. The smallest absolute Gasteiger partial charge is 0.230 e. The van der Waals surface area contributed by atoms with E-state index in [1.54, 1.807) is 0 Å². The normalized spacial score (nSPS) is 11.6. The Kier molecular flexibility index (Phi) is 10.4. The highest BCUT2D eigenvalue weighted by atomic mass is 35.5. The average Bonchev–Trinajstić information content (AvgIpc) is 2.40. The van der Waals surface area contributed by atoms with Gasteiger partial charge in [-0.05, 0) is 26.3 Å². The summed E-state index contributed by atoms with van der Waals surface area (Å²) in [6.45, 7) is 6.46. The first-order valence-electron chi connectivity index (χ1n) is 6.99. The van der Waals surface area contributed by atoms with Gasteiger partial charge in [-0.25, -0.2) is 9.97 Å². The highest BCUT2D eigenvalue weighted by Crippen LogP contribution is 2.13. The summed E-state index contributed by atoms with van der Waals surface area (Å²) >= 11 is 1.36. The number of unbranched alkanes of at least 4 members (excludes halogenated alkanes) is 1. The van der Waals surface area contributed by atoms with Crippen molar-refractivity contribution < 1.29 is 4.79 Å². The number of nitrogens with one attached hydrogen (secondary N) is 1. The topological polar surface area (TPSA) is 80.9 Å². The molecule has 1 amide bonds. The number of aryl methyl sites for hydroxylation is 2. The largest absolute Gasteiger partial charge is 0.351 e. The summed E-state index contributed by atoms with van der Waals surface area (Å²) in [5, 5.41) is 3.61. The molecule has 1 unspecified atom stereocenters. The minimum absolute atomic E-state index is 0. The van der Waals surface area contributed by atoms with Gasteiger partial charge in [0.15, 0.2) is 5.16 Å². The fourth-order valence-electron chi connectivity index (χ4n) is 1.86. The summed E-state index contributed by atoms with van der Waals surface area (Å²) in [5.41, 5.74) is 7.50. The second-order valence-electron chi connectivity index (χ2n) is 4.86. The molecule has 0 spiro atoms. The molecule has 0 radical (unpaired) electrons. The third-order valence-corrected chi connectivity index (χ3v) is 3.70. The number of amides is 1. The van der Waals surface area contributed by atoms with Crippen molar-refractivity contribution in [1.29, 1.82) is 0 Å². The second-order valence-corrected chi connectivity index (χ2v) is 5.81. The summed E-state index contributed by atoms with van der Waals surface area (Å²) in [7, 11) is 0. The Morgan fingerprint density at radius 2 is 2.00 bits per heavy atom. The van der Waals surface area contributed by atoms with Gasteiger partial charge in [-0.3, -0.25) is 4.79 Å². The fourth-order valence-corrected chi connectivity index (χ4v) is 2.62. The van der Waals surface area contributed by atoms with Crippen molar-refractivity contribution in [3.05, 3.63) is 17.5 Å². The van der Waals surface area contributed by atoms with Gasteiger partial charge in [-0.1, -0.05) is 31.5 Å². The third-order valence-electron chi connectivity index (χ3n) is 2.85. The Morgan fingerprint density at radius 3 is 2.52 bits per heavy atom. The number of nitrogens with zero attached hydrogens (tertiary/aromatic N) is 2. The molecule has 1 aromatic heterocycles. The van der Waals surface area contributed by atoms with Gasteiger partial charge in [0.25, 0.3) is 0 Å². The zero-order valence-electron chi connectivity index (χ0n) is 12.9. The summed E-state index contributed by atoms with van der Waals surface area (Å²) in [4.78, 5) is 20.5. The van der Waals surface area contributed by atoms with Crippen LogP contribution in [-0.4, -0.2) is 34.2 Å². The molecule has 0 aromatic carbocycles. The van der Waals surface area contributed by atoms with Gasteiger partial charge >= 0.3 is 0 Å². The van der Waals surface area contributed by atoms with E-state index in [4.69, 9.17) is 5.73 Å². The standard InChI is InChI=1S/C14H24N4OS.ClH/c1-4-5-6-12(8-15)18-13(19)9-20-14-16-10(2)7-11(3)17-14;/h7,12H,4-6,8-9,15H2,1-3H3,(H,18,19);1H. The molecule has 7 heteroatoms. The highest BCUT2D eigenvalue weighted by Gasteiger charge is 2.11. The SMILES string of the molecule is CCCCC(CN)NC(=O)CSc1nc(C)cc(C)n1.Cl. The predicted octanol–water partition coefficient (Wildman–Crippen LogP) is 2.24. The predicted molar refractivity (Wildman–Crippen MR) is 90.0 cm³/mol. The first-order valence-corrected chi connectivity index (χ1v) is 7.98. The number of carbonyl (C=O) groups is 1. The van der Waals surface area contributed by atoms with Crippen molar-refractivity contribution in [2.45, 2.75) is 51.2 Å². The summed E-state index contributed by atoms with van der Waals surface area (Å²) < 4.78 is 0. The van der Waals surface area contributed by atoms with E-state index in [9.17, 15) is 4.79 Å². The van der Waals surface area contributed by atoms with Gasteiger partial charge in [0.2, 0.25) is 5.91 Å². The number of aromatic nitrogens is 2. The maximum Gasteiger partial charge on any atom is 0.230 e. The van der Waals surface area contributed by atoms with Crippen LogP contribution < -0.4 is 11.1 Å². The highest BCUT2D eigenvalue weighted by molar-refractivity contribution is 7.99. The molecular weight excluding hydrogens is 308 g/mol. The first kappa shape index (κ1) is 20.1. The molecule has 21 heavy (non-hydrogen) atoms. The van der Waals surface area contributed by atoms with Gasteiger partial charge in [0, 0.05) is 24.0 Å². The molecule has 120 valence electrons. The fraction of sp³-hybridized carbons (Fsp3) is 0.643. The van der Waals surface area contributed by atoms with Crippen LogP contribution in [0.3, 0.4) is 0 Å². The van der Waals surface area contributed by atoms with Crippen LogP contribution in [0.5, 0.6) is 0 Å². The van der Waals surface area contributed by atoms with Crippen LogP contribution in [0.1, 0.15) is 37.6 Å². The zero-order chi connectivity index (χ0) is 15.0. The number of rotatable bonds is 8. The van der Waals surface area contributed by atoms with E-state index in [0.29, 0.717) is 17.5 Å². The third kappa shape index (κ3) is 8.24. The molecule has 0 aliphatic carbocycles. The summed E-state index contributed by atoms with van der Waals surface area (Å²) in [5.74, 6) is 0.315. The van der Waals surface area contributed by atoms with Crippen molar-refractivity contribution in [3.8, 4) is 0 Å². The van der Waals surface area contributed by atoms with Gasteiger partial charge < -0.3 is 11.1 Å². The molecule has 0 fully saturated rings. The molecule has 0 aliphatic heterocycles. The van der Waals surface area contributed by atoms with Crippen LogP contribution in [0.25, 0.3) is 0 Å². The van der Waals surface area contributed by atoms with Crippen molar-refractivity contribution in [2.24, 2.45) is 5.73 Å². The lowest BCUT2D eigenvalue weighted by Gasteiger charge is -2.16. The van der Waals surface area contributed by atoms with Crippen molar-refractivity contribution in [2.75, 3.05) is 12.3 Å². The van der Waals surface area contributed by atoms with E-state index < -0.39 is 0 Å². The Labute approximate surface area is 137 Å². The molecule has 0 aliphatic rings. The van der Waals surface area contributed by atoms with Crippen LogP contribution >= 0.6 is 24.2 Å². The molecule has 1 aromatic rings. The Bertz CT molecular complexity index is 425. The molecule has 0 saturated carbocycles. The molecule has 3 N–H and O–H groups in total. The summed E-state index contributed by atoms with van der Waals surface area (Å²) in [6, 6.07) is 1.99. The molecular formula is C14H25ClN4OS. The minimum atomic E-state index is -0.00990. The van der Waals surface area contributed by atoms with Gasteiger partial charge in [0.05, 0.1) is 5.75 Å². The minimum Gasteiger partial charge on any atom is -0.351 e. The number of hydrogen-bond acceptors (Lipinski definition) is 5. The van der Waals surface area contributed by atoms with E-state index in [2.05, 4.69) is 22.2 Å². The summed E-state index contributed by atoms with van der Waals surface area (Å²) in [6.07, 6.45) is 3.12. The van der Waals surface area contributed by atoms with Crippen LogP contribution in [0.2, 0.25) is 0 Å². The van der Waals surface area contributed by atoms with Crippen LogP contribution in [0.15, 0.2) is 11.2 Å². The number of thioether (sulfide) groups is 1. The average molecular weight is 333 g/mol. The van der Waals surface area contributed by atoms with Crippen LogP contribution in [0, 0.1) is 13.8 Å². The number of carbonyl (C=O) groups excluding carboxylic acids is 1. The van der Waals surface area contributed by atoms with Gasteiger partial charge in [-0.2, -0.15) is 0 Å². The first-order chi connectivity index (χ1) is 9.55. The second kappa shape index (κ2) is 10.8. The maximum atomic E-state index is 11.9. The van der Waals surface area contributed by atoms with E-state index in [0.717, 1.165) is 30.7 Å². The van der Waals surface area contributed by atoms with Crippen molar-refractivity contribution >= 4 is 30.1 Å². The molecule has 5 nitrogen and oxygen atoms in total. The lowest BCUT2D eigenvalue weighted by molar-refractivity contribution is -0.119. The Hall–Kier alpha value is -0.850. The van der Waals surface area contributed by atoms with E-state index in [1.165, 1.54) is 11.8 Å². The molecule has 1 atom stereocenters. The Morgan fingerprint density at radius 1 is 1.38 bits per heavy atom. The molecule has 1 rings (SSSR count).